The van der Waals surface area contributed by atoms with Crippen molar-refractivity contribution in [3.63, 3.8) is 0 Å². The van der Waals surface area contributed by atoms with E-state index >= 15 is 0 Å². The molecule has 0 fully saturated rings. The third-order valence-electron chi connectivity index (χ3n) is 2.86. The Morgan fingerprint density at radius 1 is 1.21 bits per heavy atom. The summed E-state index contributed by atoms with van der Waals surface area (Å²) in [5.41, 5.74) is 0.244. The molecule has 1 rings (SSSR count). The number of amides is 1. The number of benzene rings is 1. The van der Waals surface area contributed by atoms with Crippen molar-refractivity contribution in [2.45, 2.75) is 18.7 Å². The number of anilines is 1. The minimum Gasteiger partial charge on any atom is -0.384 e. The molecule has 5 nitrogen and oxygen atoms in total. The van der Waals surface area contributed by atoms with Crippen LogP contribution in [0.25, 0.3) is 0 Å². The highest BCUT2D eigenvalue weighted by Crippen LogP contribution is 2.18. The molecule has 6 heteroatoms. The molecule has 0 aliphatic rings. The van der Waals surface area contributed by atoms with E-state index in [1.807, 2.05) is 13.8 Å². The normalized spacial score (nSPS) is 12.0. The lowest BCUT2D eigenvalue weighted by molar-refractivity contribution is -0.128. The number of carbonyl (C=O) groups is 1. The first-order chi connectivity index (χ1) is 8.66. The van der Waals surface area contributed by atoms with E-state index < -0.39 is 15.3 Å². The quantitative estimate of drug-likeness (QED) is 0.854. The topological polar surface area (TPSA) is 75.3 Å². The fraction of sp³-hybridized carbons (Fsp3) is 0.462. The van der Waals surface area contributed by atoms with Gasteiger partial charge in [-0.1, -0.05) is 0 Å². The molecule has 0 saturated heterocycles. The van der Waals surface area contributed by atoms with Gasteiger partial charge in [0.25, 0.3) is 0 Å². The van der Waals surface area contributed by atoms with Gasteiger partial charge in [0.15, 0.2) is 9.84 Å². The lowest BCUT2D eigenvalue weighted by atomic mass is 9.92. The molecule has 0 bridgehead atoms. The van der Waals surface area contributed by atoms with E-state index in [4.69, 9.17) is 0 Å². The predicted molar refractivity (Wildman–Crippen MR) is 75.9 cm³/mol. The molecule has 0 unspecified atom stereocenters. The Kier molecular flexibility index (Phi) is 4.57. The number of hydrogen-bond donors (Lipinski definition) is 2. The summed E-state index contributed by atoms with van der Waals surface area (Å²) in [7, 11) is -1.57. The Labute approximate surface area is 114 Å². The van der Waals surface area contributed by atoms with Crippen LogP contribution in [0, 0.1) is 5.41 Å². The number of rotatable bonds is 5. The fourth-order valence-electron chi connectivity index (χ4n) is 1.56. The van der Waals surface area contributed by atoms with Crippen LogP contribution in [0.3, 0.4) is 0 Å². The molecule has 2 N–H and O–H groups in total. The highest BCUT2D eigenvalue weighted by Gasteiger charge is 2.26. The van der Waals surface area contributed by atoms with Gasteiger partial charge in [0.05, 0.1) is 10.3 Å². The molecule has 1 aromatic rings. The number of carbonyl (C=O) groups excluding carboxylic acids is 1. The molecule has 0 heterocycles. The minimum atomic E-state index is -3.17. The average molecular weight is 284 g/mol. The summed E-state index contributed by atoms with van der Waals surface area (Å²) in [6.07, 6.45) is 1.17. The second kappa shape index (κ2) is 5.61. The van der Waals surface area contributed by atoms with Crippen LogP contribution in [0.1, 0.15) is 13.8 Å². The third kappa shape index (κ3) is 4.24. The summed E-state index contributed by atoms with van der Waals surface area (Å²) in [5, 5.41) is 5.74. The monoisotopic (exact) mass is 284 g/mol. The van der Waals surface area contributed by atoms with Crippen molar-refractivity contribution in [1.29, 1.82) is 0 Å². The van der Waals surface area contributed by atoms with Crippen molar-refractivity contribution < 1.29 is 13.2 Å². The van der Waals surface area contributed by atoms with Crippen LogP contribution in [0.4, 0.5) is 5.69 Å². The summed E-state index contributed by atoms with van der Waals surface area (Å²) < 4.78 is 22.6. The Balaban J connectivity index is 2.72. The molecule has 0 atom stereocenters. The third-order valence-corrected chi connectivity index (χ3v) is 3.99. The second-order valence-electron chi connectivity index (χ2n) is 5.11. The van der Waals surface area contributed by atoms with Gasteiger partial charge in [0, 0.05) is 25.5 Å². The van der Waals surface area contributed by atoms with Crippen molar-refractivity contribution in [2.24, 2.45) is 5.41 Å². The van der Waals surface area contributed by atoms with E-state index in [9.17, 15) is 13.2 Å². The van der Waals surface area contributed by atoms with Crippen LogP contribution in [0.5, 0.6) is 0 Å². The van der Waals surface area contributed by atoms with E-state index in [-0.39, 0.29) is 10.8 Å². The molecule has 19 heavy (non-hydrogen) atoms. The Morgan fingerprint density at radius 2 is 1.74 bits per heavy atom. The zero-order valence-corrected chi connectivity index (χ0v) is 12.5. The van der Waals surface area contributed by atoms with Crippen molar-refractivity contribution in [2.75, 3.05) is 25.2 Å². The zero-order valence-electron chi connectivity index (χ0n) is 11.6. The van der Waals surface area contributed by atoms with E-state index in [1.165, 1.54) is 6.26 Å². The van der Waals surface area contributed by atoms with Gasteiger partial charge >= 0.3 is 0 Å². The van der Waals surface area contributed by atoms with Gasteiger partial charge in [-0.05, 0) is 38.1 Å². The summed E-state index contributed by atoms with van der Waals surface area (Å²) in [4.78, 5) is 11.9. The highest BCUT2D eigenvalue weighted by molar-refractivity contribution is 7.90. The Morgan fingerprint density at radius 3 is 2.16 bits per heavy atom. The predicted octanol–water partition coefficient (Wildman–Crippen LogP) is 1.27. The van der Waals surface area contributed by atoms with Gasteiger partial charge in [-0.3, -0.25) is 4.79 Å². The number of hydrogen-bond acceptors (Lipinski definition) is 4. The van der Waals surface area contributed by atoms with Crippen LogP contribution in [0.15, 0.2) is 29.2 Å². The number of sulfone groups is 1. The first-order valence-electron chi connectivity index (χ1n) is 5.93. The van der Waals surface area contributed by atoms with Crippen molar-refractivity contribution in [3.8, 4) is 0 Å². The van der Waals surface area contributed by atoms with Crippen LogP contribution in [-0.2, 0) is 14.6 Å². The molecule has 106 valence electrons. The first-order valence-corrected chi connectivity index (χ1v) is 7.82. The van der Waals surface area contributed by atoms with Crippen LogP contribution < -0.4 is 10.6 Å². The Hall–Kier alpha value is -1.56. The zero-order chi connectivity index (χ0) is 14.7. The highest BCUT2D eigenvalue weighted by atomic mass is 32.2. The lowest BCUT2D eigenvalue weighted by Crippen LogP contribution is -2.39. The van der Waals surface area contributed by atoms with Crippen LogP contribution in [0.2, 0.25) is 0 Å². The van der Waals surface area contributed by atoms with E-state index in [1.54, 1.807) is 31.3 Å². The maximum absolute atomic E-state index is 11.6. The van der Waals surface area contributed by atoms with Gasteiger partial charge in [0.1, 0.15) is 0 Å². The van der Waals surface area contributed by atoms with Crippen molar-refractivity contribution >= 4 is 21.4 Å². The largest absolute Gasteiger partial charge is 0.384 e. The van der Waals surface area contributed by atoms with Crippen LogP contribution >= 0.6 is 0 Å². The molecule has 0 saturated carbocycles. The minimum absolute atomic E-state index is 0.0484. The van der Waals surface area contributed by atoms with Gasteiger partial charge in [0.2, 0.25) is 5.91 Å². The number of nitrogens with one attached hydrogen (secondary N) is 2. The van der Waals surface area contributed by atoms with Gasteiger partial charge < -0.3 is 10.6 Å². The van der Waals surface area contributed by atoms with E-state index in [0.29, 0.717) is 6.54 Å². The molecule has 1 aromatic carbocycles. The molecule has 0 aliphatic carbocycles. The molecule has 0 radical (unpaired) electrons. The summed E-state index contributed by atoms with van der Waals surface area (Å²) in [5.74, 6) is -0.0484. The second-order valence-corrected chi connectivity index (χ2v) is 7.13. The molecular formula is C13H20N2O3S. The van der Waals surface area contributed by atoms with Gasteiger partial charge in [-0.2, -0.15) is 0 Å². The van der Waals surface area contributed by atoms with Crippen molar-refractivity contribution in [1.82, 2.24) is 5.32 Å². The van der Waals surface area contributed by atoms with E-state index in [2.05, 4.69) is 10.6 Å². The molecule has 0 spiro atoms. The Bertz CT molecular complexity index is 548. The maximum atomic E-state index is 11.6. The fourth-order valence-corrected chi connectivity index (χ4v) is 2.19. The van der Waals surface area contributed by atoms with Gasteiger partial charge in [-0.15, -0.1) is 0 Å². The van der Waals surface area contributed by atoms with E-state index in [0.717, 1.165) is 5.69 Å². The molecule has 0 aromatic heterocycles. The van der Waals surface area contributed by atoms with Crippen molar-refractivity contribution in [3.05, 3.63) is 24.3 Å². The summed E-state index contributed by atoms with van der Waals surface area (Å²) >= 11 is 0. The summed E-state index contributed by atoms with van der Waals surface area (Å²) in [6.45, 7) is 4.14. The molecule has 1 amide bonds. The lowest BCUT2D eigenvalue weighted by Gasteiger charge is -2.23. The summed E-state index contributed by atoms with van der Waals surface area (Å²) in [6, 6.07) is 6.47. The standard InChI is InChI=1S/C13H20N2O3S/c1-13(2,12(16)14-3)9-15-10-5-7-11(8-6-10)19(4,17)18/h5-8,15H,9H2,1-4H3,(H,14,16). The SMILES string of the molecule is CNC(=O)C(C)(C)CNc1ccc(S(C)(=O)=O)cc1. The molecular weight excluding hydrogens is 264 g/mol. The van der Waals surface area contributed by atoms with Crippen LogP contribution in [-0.4, -0.2) is 34.2 Å². The maximum Gasteiger partial charge on any atom is 0.227 e. The first kappa shape index (κ1) is 15.5. The average Bonchev–Trinajstić information content (AvgIpc) is 2.35. The smallest absolute Gasteiger partial charge is 0.227 e. The molecule has 0 aliphatic heterocycles. The van der Waals surface area contributed by atoms with Gasteiger partial charge in [-0.25, -0.2) is 8.42 Å².